The summed E-state index contributed by atoms with van der Waals surface area (Å²) in [5.74, 6) is 0.987. The van der Waals surface area contributed by atoms with Crippen molar-refractivity contribution in [3.63, 3.8) is 0 Å². The summed E-state index contributed by atoms with van der Waals surface area (Å²) in [4.78, 5) is 0. The highest BCUT2D eigenvalue weighted by molar-refractivity contribution is 5.19. The molecule has 1 rings (SSSR count). The van der Waals surface area contributed by atoms with Gasteiger partial charge in [-0.1, -0.05) is 24.3 Å². The van der Waals surface area contributed by atoms with Crippen LogP contribution in [0.5, 0.6) is 0 Å². The molecule has 1 aliphatic rings. The summed E-state index contributed by atoms with van der Waals surface area (Å²) in [6, 6.07) is 0. The van der Waals surface area contributed by atoms with Crippen LogP contribution in [-0.4, -0.2) is 13.2 Å². The Bertz CT molecular complexity index is 192. The summed E-state index contributed by atoms with van der Waals surface area (Å²) in [6.07, 6.45) is 10.9. The maximum absolute atomic E-state index is 5.35. The Morgan fingerprint density at radius 3 is 3.09 bits per heavy atom. The first kappa shape index (κ1) is 8.08. The van der Waals surface area contributed by atoms with Gasteiger partial charge in [0.25, 0.3) is 0 Å². The predicted molar refractivity (Wildman–Crippen MR) is 46.0 cm³/mol. The highest BCUT2D eigenvalue weighted by Gasteiger charge is 1.94. The van der Waals surface area contributed by atoms with Crippen molar-refractivity contribution in [3.05, 3.63) is 36.1 Å². The van der Waals surface area contributed by atoms with E-state index in [1.54, 1.807) is 0 Å². The highest BCUT2D eigenvalue weighted by atomic mass is 16.5. The standard InChI is InChI=1S/C9H13NO/c10-7-8-11-9-5-3-1-2-4-6-9/h1-5H,6-8,10H2. The number of hydrogen-bond acceptors (Lipinski definition) is 2. The van der Waals surface area contributed by atoms with Crippen LogP contribution in [-0.2, 0) is 4.74 Å². The van der Waals surface area contributed by atoms with Gasteiger partial charge in [0.15, 0.2) is 0 Å². The van der Waals surface area contributed by atoms with Gasteiger partial charge in [0.05, 0.1) is 12.4 Å². The Balaban J connectivity index is 2.38. The maximum Gasteiger partial charge on any atom is 0.0999 e. The average Bonchev–Trinajstić information content (AvgIpc) is 2.28. The van der Waals surface area contributed by atoms with Crippen LogP contribution in [0.2, 0.25) is 0 Å². The van der Waals surface area contributed by atoms with Crippen molar-refractivity contribution in [1.82, 2.24) is 0 Å². The summed E-state index contributed by atoms with van der Waals surface area (Å²) in [6.45, 7) is 1.18. The van der Waals surface area contributed by atoms with Gasteiger partial charge in [0.1, 0.15) is 0 Å². The quantitative estimate of drug-likeness (QED) is 0.661. The van der Waals surface area contributed by atoms with Crippen LogP contribution in [0.15, 0.2) is 36.1 Å². The zero-order valence-electron chi connectivity index (χ0n) is 6.49. The lowest BCUT2D eigenvalue weighted by Crippen LogP contribution is -2.07. The molecule has 2 heteroatoms. The summed E-state index contributed by atoms with van der Waals surface area (Å²) < 4.78 is 5.35. The first-order chi connectivity index (χ1) is 5.43. The molecule has 0 aromatic carbocycles. The smallest absolute Gasteiger partial charge is 0.0999 e. The van der Waals surface area contributed by atoms with Crippen molar-refractivity contribution in [2.45, 2.75) is 6.42 Å². The Morgan fingerprint density at radius 1 is 1.36 bits per heavy atom. The fourth-order valence-corrected chi connectivity index (χ4v) is 0.855. The van der Waals surface area contributed by atoms with E-state index in [1.807, 2.05) is 24.3 Å². The second-order valence-corrected chi connectivity index (χ2v) is 2.29. The molecule has 0 saturated heterocycles. The third-order valence-electron chi connectivity index (χ3n) is 1.36. The molecule has 0 amide bonds. The van der Waals surface area contributed by atoms with Crippen LogP contribution in [0.3, 0.4) is 0 Å². The minimum Gasteiger partial charge on any atom is -0.496 e. The molecule has 0 radical (unpaired) electrons. The van der Waals surface area contributed by atoms with Crippen LogP contribution < -0.4 is 5.73 Å². The molecule has 0 aliphatic heterocycles. The van der Waals surface area contributed by atoms with Crippen molar-refractivity contribution in [2.75, 3.05) is 13.2 Å². The topological polar surface area (TPSA) is 35.2 Å². The van der Waals surface area contributed by atoms with Crippen LogP contribution in [0.25, 0.3) is 0 Å². The van der Waals surface area contributed by atoms with Gasteiger partial charge in [0.2, 0.25) is 0 Å². The fourth-order valence-electron chi connectivity index (χ4n) is 0.855. The van der Waals surface area contributed by atoms with Gasteiger partial charge in [-0.2, -0.15) is 0 Å². The van der Waals surface area contributed by atoms with E-state index in [0.717, 1.165) is 12.2 Å². The molecule has 60 valence electrons. The van der Waals surface area contributed by atoms with Crippen molar-refractivity contribution in [1.29, 1.82) is 0 Å². The van der Waals surface area contributed by atoms with E-state index in [-0.39, 0.29) is 0 Å². The van der Waals surface area contributed by atoms with E-state index in [9.17, 15) is 0 Å². The molecule has 0 aromatic rings. The third kappa shape index (κ3) is 3.05. The van der Waals surface area contributed by atoms with Crippen LogP contribution in [0, 0.1) is 0 Å². The second kappa shape index (κ2) is 4.74. The number of hydrogen-bond donors (Lipinski definition) is 1. The monoisotopic (exact) mass is 151 g/mol. The van der Waals surface area contributed by atoms with Gasteiger partial charge >= 0.3 is 0 Å². The summed E-state index contributed by atoms with van der Waals surface area (Å²) in [5, 5.41) is 0. The molecule has 11 heavy (non-hydrogen) atoms. The molecule has 0 atom stereocenters. The van der Waals surface area contributed by atoms with E-state index in [1.165, 1.54) is 0 Å². The number of nitrogens with two attached hydrogens (primary N) is 1. The third-order valence-corrected chi connectivity index (χ3v) is 1.36. The first-order valence-corrected chi connectivity index (χ1v) is 3.78. The lowest BCUT2D eigenvalue weighted by molar-refractivity contribution is 0.216. The van der Waals surface area contributed by atoms with E-state index < -0.39 is 0 Å². The largest absolute Gasteiger partial charge is 0.496 e. The zero-order valence-corrected chi connectivity index (χ0v) is 6.49. The van der Waals surface area contributed by atoms with E-state index in [4.69, 9.17) is 10.5 Å². The van der Waals surface area contributed by atoms with Gasteiger partial charge < -0.3 is 10.5 Å². The molecule has 0 saturated carbocycles. The molecule has 0 fully saturated rings. The lowest BCUT2D eigenvalue weighted by Gasteiger charge is -2.05. The Hall–Kier alpha value is -1.02. The van der Waals surface area contributed by atoms with Crippen LogP contribution in [0.4, 0.5) is 0 Å². The fraction of sp³-hybridized carbons (Fsp3) is 0.333. The Morgan fingerprint density at radius 2 is 2.27 bits per heavy atom. The van der Waals surface area contributed by atoms with E-state index in [0.29, 0.717) is 13.2 Å². The zero-order chi connectivity index (χ0) is 7.94. The van der Waals surface area contributed by atoms with E-state index in [2.05, 4.69) is 6.08 Å². The molecule has 0 heterocycles. The molecule has 0 unspecified atom stereocenters. The molecule has 2 nitrogen and oxygen atoms in total. The van der Waals surface area contributed by atoms with Gasteiger partial charge in [-0.05, 0) is 6.08 Å². The van der Waals surface area contributed by atoms with Crippen molar-refractivity contribution >= 4 is 0 Å². The Kier molecular flexibility index (Phi) is 3.48. The SMILES string of the molecule is NCCOC1=CC=CC=CC1. The van der Waals surface area contributed by atoms with Gasteiger partial charge in [-0.15, -0.1) is 0 Å². The number of rotatable bonds is 3. The van der Waals surface area contributed by atoms with Crippen molar-refractivity contribution in [2.24, 2.45) is 5.73 Å². The number of allylic oxidation sites excluding steroid dienone is 5. The minimum atomic E-state index is 0.574. The minimum absolute atomic E-state index is 0.574. The Labute approximate surface area is 67.0 Å². The van der Waals surface area contributed by atoms with Gasteiger partial charge in [0, 0.05) is 13.0 Å². The van der Waals surface area contributed by atoms with Crippen LogP contribution in [0.1, 0.15) is 6.42 Å². The molecule has 1 aliphatic carbocycles. The summed E-state index contributed by atoms with van der Waals surface area (Å²) in [7, 11) is 0. The van der Waals surface area contributed by atoms with Crippen LogP contribution >= 0.6 is 0 Å². The highest BCUT2D eigenvalue weighted by Crippen LogP contribution is 2.07. The molecule has 0 bridgehead atoms. The van der Waals surface area contributed by atoms with Gasteiger partial charge in [-0.25, -0.2) is 0 Å². The van der Waals surface area contributed by atoms with E-state index >= 15 is 0 Å². The maximum atomic E-state index is 5.35. The lowest BCUT2D eigenvalue weighted by atomic mass is 10.3. The molecule has 0 aromatic heterocycles. The first-order valence-electron chi connectivity index (χ1n) is 3.78. The summed E-state index contributed by atoms with van der Waals surface area (Å²) >= 11 is 0. The van der Waals surface area contributed by atoms with Crippen molar-refractivity contribution in [3.8, 4) is 0 Å². The second-order valence-electron chi connectivity index (χ2n) is 2.29. The molecular weight excluding hydrogens is 138 g/mol. The number of ether oxygens (including phenoxy) is 1. The summed E-state index contributed by atoms with van der Waals surface area (Å²) in [5.41, 5.74) is 5.30. The average molecular weight is 151 g/mol. The van der Waals surface area contributed by atoms with Gasteiger partial charge in [-0.3, -0.25) is 0 Å². The predicted octanol–water partition coefficient (Wildman–Crippen LogP) is 1.36. The molecule has 0 spiro atoms. The molecular formula is C9H13NO. The molecule has 2 N–H and O–H groups in total. The normalized spacial score (nSPS) is 15.9. The van der Waals surface area contributed by atoms with Crippen molar-refractivity contribution < 1.29 is 4.74 Å².